The van der Waals surface area contributed by atoms with Gasteiger partial charge in [-0.2, -0.15) is 5.10 Å². The van der Waals surface area contributed by atoms with Crippen molar-refractivity contribution in [2.75, 3.05) is 0 Å². The molecule has 3 aromatic heterocycles. The van der Waals surface area contributed by atoms with Crippen LogP contribution in [0.2, 0.25) is 0 Å². The average Bonchev–Trinajstić information content (AvgIpc) is 3.55. The number of nitrogens with zero attached hydrogens (tertiary/aromatic N) is 4. The van der Waals surface area contributed by atoms with Crippen molar-refractivity contribution in [3.63, 3.8) is 0 Å². The van der Waals surface area contributed by atoms with Gasteiger partial charge in [-0.15, -0.1) is 11.3 Å². The van der Waals surface area contributed by atoms with Gasteiger partial charge in [0.2, 0.25) is 0 Å². The number of aromatic amines is 1. The summed E-state index contributed by atoms with van der Waals surface area (Å²) in [5, 5.41) is 9.56. The number of imidazole rings is 1. The van der Waals surface area contributed by atoms with Crippen molar-refractivity contribution >= 4 is 23.6 Å². The van der Waals surface area contributed by atoms with Crippen molar-refractivity contribution in [2.45, 2.75) is 26.3 Å². The zero-order valence-electron chi connectivity index (χ0n) is 17.7. The third-order valence-corrected chi connectivity index (χ3v) is 6.66. The minimum absolute atomic E-state index is 0.644. The van der Waals surface area contributed by atoms with Crippen molar-refractivity contribution in [2.24, 2.45) is 0 Å². The van der Waals surface area contributed by atoms with Crippen LogP contribution in [0.5, 0.6) is 0 Å². The lowest BCUT2D eigenvalue weighted by molar-refractivity contribution is 0.691. The zero-order valence-corrected chi connectivity index (χ0v) is 19.4. The van der Waals surface area contributed by atoms with Crippen LogP contribution in [0.1, 0.15) is 22.8 Å². The zero-order chi connectivity index (χ0) is 21.9. The van der Waals surface area contributed by atoms with Crippen molar-refractivity contribution in [1.82, 2.24) is 24.3 Å². The molecule has 0 amide bonds. The summed E-state index contributed by atoms with van der Waals surface area (Å²) in [6.07, 6.45) is 3.63. The molecule has 0 aliphatic heterocycles. The second-order valence-corrected chi connectivity index (χ2v) is 9.08. The Bertz CT molecular complexity index is 1360. The maximum absolute atomic E-state index is 5.50. The van der Waals surface area contributed by atoms with Crippen molar-refractivity contribution in [1.29, 1.82) is 0 Å². The number of hydrogen-bond acceptors (Lipinski definition) is 4. The highest BCUT2D eigenvalue weighted by atomic mass is 32.1. The molecule has 0 saturated carbocycles. The van der Waals surface area contributed by atoms with Crippen LogP contribution >= 0.6 is 23.6 Å². The van der Waals surface area contributed by atoms with Crippen LogP contribution in [0.25, 0.3) is 16.3 Å². The Labute approximate surface area is 196 Å². The molecule has 0 aliphatic rings. The molecule has 0 bridgehead atoms. The third-order valence-electron chi connectivity index (χ3n) is 5.46. The van der Waals surface area contributed by atoms with Gasteiger partial charge in [-0.05, 0) is 48.3 Å². The molecule has 0 spiro atoms. The van der Waals surface area contributed by atoms with Gasteiger partial charge in [-0.25, -0.2) is 4.98 Å². The van der Waals surface area contributed by atoms with E-state index in [0.717, 1.165) is 35.9 Å². The first-order valence-corrected chi connectivity index (χ1v) is 11.8. The molecule has 0 unspecified atom stereocenters. The van der Waals surface area contributed by atoms with Gasteiger partial charge >= 0.3 is 0 Å². The fraction of sp³-hybridized carbons (Fsp3) is 0.160. The Morgan fingerprint density at radius 3 is 2.47 bits per heavy atom. The fourth-order valence-electron chi connectivity index (χ4n) is 3.76. The summed E-state index contributed by atoms with van der Waals surface area (Å²) < 4.78 is 4.91. The summed E-state index contributed by atoms with van der Waals surface area (Å²) >= 11 is 7.21. The molecule has 0 saturated heterocycles. The molecule has 0 fully saturated rings. The van der Waals surface area contributed by atoms with E-state index >= 15 is 0 Å². The van der Waals surface area contributed by atoms with Crippen LogP contribution in [0.4, 0.5) is 0 Å². The summed E-state index contributed by atoms with van der Waals surface area (Å²) in [7, 11) is 0. The number of benzene rings is 2. The van der Waals surface area contributed by atoms with E-state index in [9.17, 15) is 0 Å². The molecular formula is C25H23N5S2. The number of thiophene rings is 1. The van der Waals surface area contributed by atoms with Crippen LogP contribution in [0.3, 0.4) is 0 Å². The molecule has 160 valence electrons. The van der Waals surface area contributed by atoms with Crippen molar-refractivity contribution < 1.29 is 0 Å². The van der Waals surface area contributed by atoms with Gasteiger partial charge < -0.3 is 4.57 Å². The molecular weight excluding hydrogens is 434 g/mol. The Morgan fingerprint density at radius 1 is 0.938 bits per heavy atom. The minimum atomic E-state index is 0.644. The molecule has 5 rings (SSSR count). The first-order valence-electron chi connectivity index (χ1n) is 10.5. The Kier molecular flexibility index (Phi) is 5.83. The lowest BCUT2D eigenvalue weighted by Crippen LogP contribution is -2.09. The van der Waals surface area contributed by atoms with Crippen LogP contribution < -0.4 is 0 Å². The highest BCUT2D eigenvalue weighted by Crippen LogP contribution is 2.26. The number of aryl methyl sites for hydroxylation is 3. The number of hydrogen-bond donors (Lipinski definition) is 1. The van der Waals surface area contributed by atoms with Gasteiger partial charge in [0.05, 0.1) is 17.1 Å². The lowest BCUT2D eigenvalue weighted by atomic mass is 10.2. The SMILES string of the molecule is Cc1ccc(-n2cc(-c3cccs3)nc2CCc2n[nH]c(=S)n2Cc2ccccc2)cc1. The molecule has 0 radical (unpaired) electrons. The van der Waals surface area contributed by atoms with Crippen LogP contribution in [-0.2, 0) is 19.4 Å². The van der Waals surface area contributed by atoms with E-state index in [1.165, 1.54) is 16.0 Å². The Hall–Kier alpha value is -3.29. The summed E-state index contributed by atoms with van der Waals surface area (Å²) in [5.41, 5.74) is 4.56. The van der Waals surface area contributed by atoms with Crippen LogP contribution in [0.15, 0.2) is 78.3 Å². The molecule has 1 N–H and O–H groups in total. The summed E-state index contributed by atoms with van der Waals surface area (Å²) in [6.45, 7) is 2.81. The summed E-state index contributed by atoms with van der Waals surface area (Å²) in [5.74, 6) is 1.95. The maximum atomic E-state index is 5.50. The number of nitrogens with one attached hydrogen (secondary N) is 1. The van der Waals surface area contributed by atoms with Gasteiger partial charge in [0.25, 0.3) is 0 Å². The van der Waals surface area contributed by atoms with E-state index in [1.807, 2.05) is 18.2 Å². The first-order chi connectivity index (χ1) is 15.7. The third kappa shape index (κ3) is 4.35. The molecule has 7 heteroatoms. The largest absolute Gasteiger partial charge is 0.303 e. The van der Waals surface area contributed by atoms with E-state index in [2.05, 4.69) is 86.4 Å². The molecule has 5 aromatic rings. The van der Waals surface area contributed by atoms with Gasteiger partial charge in [0.1, 0.15) is 11.6 Å². The smallest absolute Gasteiger partial charge is 0.195 e. The van der Waals surface area contributed by atoms with Crippen molar-refractivity contribution in [3.05, 3.63) is 106 Å². The molecule has 0 atom stereocenters. The summed E-state index contributed by atoms with van der Waals surface area (Å²) in [6, 6.07) is 23.1. The second-order valence-electron chi connectivity index (χ2n) is 7.74. The van der Waals surface area contributed by atoms with Gasteiger partial charge in [-0.1, -0.05) is 54.1 Å². The molecule has 0 aliphatic carbocycles. The normalized spacial score (nSPS) is 11.2. The summed E-state index contributed by atoms with van der Waals surface area (Å²) in [4.78, 5) is 6.16. The lowest BCUT2D eigenvalue weighted by Gasteiger charge is -2.09. The number of H-pyrrole nitrogens is 1. The predicted molar refractivity (Wildman–Crippen MR) is 132 cm³/mol. The standard InChI is InChI=1S/C25H23N5S2/c1-18-9-11-20(12-10-18)29-17-21(22-8-5-15-32-22)26-23(29)13-14-24-27-28-25(31)30(24)16-19-6-3-2-4-7-19/h2-12,15,17H,13-14,16H2,1H3,(H,28,31). The highest BCUT2D eigenvalue weighted by Gasteiger charge is 2.14. The molecule has 32 heavy (non-hydrogen) atoms. The van der Waals surface area contributed by atoms with E-state index in [4.69, 9.17) is 17.2 Å². The second kappa shape index (κ2) is 9.06. The minimum Gasteiger partial charge on any atom is -0.303 e. The molecule has 5 nitrogen and oxygen atoms in total. The molecule has 2 aromatic carbocycles. The molecule has 3 heterocycles. The quantitative estimate of drug-likeness (QED) is 0.305. The number of aromatic nitrogens is 5. The van der Waals surface area contributed by atoms with Gasteiger partial charge in [0.15, 0.2) is 4.77 Å². The van der Waals surface area contributed by atoms with E-state index in [0.29, 0.717) is 11.3 Å². The predicted octanol–water partition coefficient (Wildman–Crippen LogP) is 6.00. The van der Waals surface area contributed by atoms with Gasteiger partial charge in [0, 0.05) is 24.7 Å². The Morgan fingerprint density at radius 2 is 1.72 bits per heavy atom. The van der Waals surface area contributed by atoms with E-state index in [-0.39, 0.29) is 0 Å². The topological polar surface area (TPSA) is 51.4 Å². The monoisotopic (exact) mass is 457 g/mol. The number of rotatable bonds is 7. The first kappa shape index (κ1) is 20.6. The average molecular weight is 458 g/mol. The van der Waals surface area contributed by atoms with Crippen LogP contribution in [0, 0.1) is 11.7 Å². The van der Waals surface area contributed by atoms with Crippen molar-refractivity contribution in [3.8, 4) is 16.3 Å². The van der Waals surface area contributed by atoms with Gasteiger partial charge in [-0.3, -0.25) is 9.67 Å². The van der Waals surface area contributed by atoms with E-state index < -0.39 is 0 Å². The highest BCUT2D eigenvalue weighted by molar-refractivity contribution is 7.71. The van der Waals surface area contributed by atoms with E-state index in [1.54, 1.807) is 11.3 Å². The Balaban J connectivity index is 1.44. The fourth-order valence-corrected chi connectivity index (χ4v) is 4.66. The van der Waals surface area contributed by atoms with Crippen LogP contribution in [-0.4, -0.2) is 24.3 Å². The maximum Gasteiger partial charge on any atom is 0.195 e.